The number of benzene rings is 2. The lowest BCUT2D eigenvalue weighted by atomic mass is 9.76. The van der Waals surface area contributed by atoms with Gasteiger partial charge in [-0.2, -0.15) is 5.26 Å². The van der Waals surface area contributed by atoms with Gasteiger partial charge < -0.3 is 14.1 Å². The zero-order valence-corrected chi connectivity index (χ0v) is 29.8. The number of hydrogen-bond acceptors (Lipinski definition) is 6. The predicted octanol–water partition coefficient (Wildman–Crippen LogP) is 7.52. The normalized spacial score (nSPS) is 18.5. The summed E-state index contributed by atoms with van der Waals surface area (Å²) in [4.78, 5) is 44.0. The molecule has 3 rings (SSSR count). The van der Waals surface area contributed by atoms with Crippen molar-refractivity contribution < 1.29 is 23.5 Å². The molecule has 0 heterocycles. The molecule has 2 aromatic rings. The first-order valence-corrected chi connectivity index (χ1v) is 19.0. The summed E-state index contributed by atoms with van der Waals surface area (Å²) in [5.74, 6) is -1.28. The summed E-state index contributed by atoms with van der Waals surface area (Å²) >= 11 is 0. The van der Waals surface area contributed by atoms with Crippen molar-refractivity contribution in [2.24, 2.45) is 11.8 Å². The van der Waals surface area contributed by atoms with Crippen LogP contribution in [-0.4, -0.2) is 60.7 Å². The van der Waals surface area contributed by atoms with Crippen LogP contribution in [0.1, 0.15) is 65.5 Å². The highest BCUT2D eigenvalue weighted by molar-refractivity contribution is 6.74. The number of rotatable bonds is 12. The van der Waals surface area contributed by atoms with E-state index in [1.165, 1.54) is 4.90 Å². The predicted molar refractivity (Wildman–Crippen MR) is 183 cm³/mol. The van der Waals surface area contributed by atoms with Crippen LogP contribution >= 0.6 is 0 Å². The highest BCUT2D eigenvalue weighted by Crippen LogP contribution is 2.41. The number of carbonyl (C=O) groups excluding carboxylic acids is 3. The molecule has 0 fully saturated rings. The molecule has 3 atom stereocenters. The smallest absolute Gasteiger partial charge is 0.411 e. The Kier molecular flexibility index (Phi) is 12.5. The molecule has 8 nitrogen and oxygen atoms in total. The summed E-state index contributed by atoms with van der Waals surface area (Å²) in [6, 6.07) is 21.7. The minimum absolute atomic E-state index is 0.00948. The van der Waals surface area contributed by atoms with E-state index in [4.69, 9.17) is 9.16 Å². The second-order valence-corrected chi connectivity index (χ2v) is 19.4. The second kappa shape index (κ2) is 15.7. The van der Waals surface area contributed by atoms with Crippen molar-refractivity contribution in [3.8, 4) is 6.07 Å². The number of ether oxygens (including phenoxy) is 1. The highest BCUT2D eigenvalue weighted by Gasteiger charge is 2.44. The number of carbonyl (C=O) groups is 3. The summed E-state index contributed by atoms with van der Waals surface area (Å²) in [6.07, 6.45) is 2.75. The Morgan fingerprint density at radius 2 is 1.43 bits per heavy atom. The monoisotopic (exact) mass is 645 g/mol. The Balaban J connectivity index is 1.94. The molecule has 0 saturated heterocycles. The van der Waals surface area contributed by atoms with E-state index in [2.05, 4.69) is 39.9 Å². The fraction of sp³-hybridized carbons (Fsp3) is 0.514. The van der Waals surface area contributed by atoms with E-state index >= 15 is 0 Å². The van der Waals surface area contributed by atoms with Gasteiger partial charge in [-0.05, 0) is 68.4 Å². The maximum Gasteiger partial charge on any atom is 0.411 e. The maximum atomic E-state index is 14.2. The van der Waals surface area contributed by atoms with Crippen LogP contribution in [0.15, 0.2) is 72.8 Å². The summed E-state index contributed by atoms with van der Waals surface area (Å²) in [5, 5.41) is 9.42. The molecule has 46 heavy (non-hydrogen) atoms. The first-order valence-electron chi connectivity index (χ1n) is 16.1. The lowest BCUT2D eigenvalue weighted by Crippen LogP contribution is -2.49. The Labute approximate surface area is 276 Å². The third-order valence-electron chi connectivity index (χ3n) is 8.82. The largest absolute Gasteiger partial charge is 0.444 e. The molecule has 9 heteroatoms. The minimum atomic E-state index is -2.29. The Bertz CT molecular complexity index is 1350. The number of nitrogens with zero attached hydrogens (tertiary/aromatic N) is 3. The van der Waals surface area contributed by atoms with Crippen molar-refractivity contribution in [3.63, 3.8) is 0 Å². The molecule has 0 N–H and O–H groups in total. The van der Waals surface area contributed by atoms with Gasteiger partial charge in [-0.25, -0.2) is 4.79 Å². The molecule has 2 aromatic carbocycles. The van der Waals surface area contributed by atoms with E-state index in [-0.39, 0.29) is 42.2 Å². The number of hydrogen-bond donors (Lipinski definition) is 0. The van der Waals surface area contributed by atoms with Crippen molar-refractivity contribution >= 4 is 26.1 Å². The topological polar surface area (TPSA) is 99.9 Å². The average Bonchev–Trinajstić information content (AvgIpc) is 2.97. The van der Waals surface area contributed by atoms with E-state index in [0.29, 0.717) is 19.5 Å². The first kappa shape index (κ1) is 36.7. The molecule has 0 unspecified atom stereocenters. The SMILES string of the molecule is CC(C)(C)OC(=O)N(CC#N)CC[C@H]1[C@H](O[Si](C)(C)C(C)(C)C)C=CC(=O)[C@@H]1CC(=O)N(Cc1ccccc1)Cc1ccccc1. The van der Waals surface area contributed by atoms with Crippen molar-refractivity contribution in [2.75, 3.05) is 13.1 Å². The zero-order valence-electron chi connectivity index (χ0n) is 28.8. The standard InChI is InChI=1S/C37H51N3O5Si/c1-36(2,3)44-35(43)39(24-22-38)23-21-30-31(32(41)19-20-33(30)45-46(7,8)37(4,5)6)25-34(42)40(26-28-15-11-9-12-16-28)27-29-17-13-10-14-18-29/h9-20,30-31,33H,21,23-27H2,1-8H3/t30-,31-,33-/m1/s1. The van der Waals surface area contributed by atoms with Gasteiger partial charge in [-0.3, -0.25) is 14.5 Å². The van der Waals surface area contributed by atoms with Gasteiger partial charge in [0.15, 0.2) is 14.1 Å². The fourth-order valence-electron chi connectivity index (χ4n) is 5.27. The van der Waals surface area contributed by atoms with Crippen LogP contribution in [0.4, 0.5) is 4.79 Å². The summed E-state index contributed by atoms with van der Waals surface area (Å²) in [7, 11) is -2.29. The van der Waals surface area contributed by atoms with Gasteiger partial charge in [0, 0.05) is 32.0 Å². The number of ketones is 1. The zero-order chi connectivity index (χ0) is 34.1. The van der Waals surface area contributed by atoms with Crippen LogP contribution < -0.4 is 0 Å². The highest BCUT2D eigenvalue weighted by atomic mass is 28.4. The lowest BCUT2D eigenvalue weighted by Gasteiger charge is -2.43. The average molecular weight is 646 g/mol. The summed E-state index contributed by atoms with van der Waals surface area (Å²) in [5.41, 5.74) is 1.28. The molecular formula is C37H51N3O5Si. The van der Waals surface area contributed by atoms with Gasteiger partial charge in [0.1, 0.15) is 12.1 Å². The molecule has 0 aromatic heterocycles. The molecular weight excluding hydrogens is 595 g/mol. The molecule has 0 spiro atoms. The van der Waals surface area contributed by atoms with Crippen molar-refractivity contribution in [1.29, 1.82) is 5.26 Å². The van der Waals surface area contributed by atoms with Gasteiger partial charge >= 0.3 is 6.09 Å². The van der Waals surface area contributed by atoms with E-state index in [1.807, 2.05) is 66.7 Å². The summed E-state index contributed by atoms with van der Waals surface area (Å²) < 4.78 is 12.4. The third-order valence-corrected chi connectivity index (χ3v) is 13.3. The molecule has 0 aliphatic heterocycles. The molecule has 1 aliphatic carbocycles. The Morgan fingerprint density at radius 1 is 0.891 bits per heavy atom. The lowest BCUT2D eigenvalue weighted by molar-refractivity contribution is -0.137. The van der Waals surface area contributed by atoms with Crippen LogP contribution in [0.5, 0.6) is 0 Å². The van der Waals surface area contributed by atoms with Crippen molar-refractivity contribution in [1.82, 2.24) is 9.80 Å². The quantitative estimate of drug-likeness (QED) is 0.175. The molecule has 2 amide bonds. The second-order valence-electron chi connectivity index (χ2n) is 14.6. The first-order chi connectivity index (χ1) is 21.5. The van der Waals surface area contributed by atoms with Crippen molar-refractivity contribution in [2.45, 2.75) is 97.3 Å². The minimum Gasteiger partial charge on any atom is -0.444 e. The van der Waals surface area contributed by atoms with Crippen LogP contribution in [-0.2, 0) is 31.8 Å². The third kappa shape index (κ3) is 10.7. The summed E-state index contributed by atoms with van der Waals surface area (Å²) in [6.45, 7) is 17.0. The molecule has 0 saturated carbocycles. The van der Waals surface area contributed by atoms with Gasteiger partial charge in [0.25, 0.3) is 0 Å². The van der Waals surface area contributed by atoms with E-state index in [9.17, 15) is 19.6 Å². The number of amides is 2. The van der Waals surface area contributed by atoms with Crippen molar-refractivity contribution in [3.05, 3.63) is 83.9 Å². The van der Waals surface area contributed by atoms with Gasteiger partial charge in [0.2, 0.25) is 5.91 Å². The Hall–Kier alpha value is -3.74. The van der Waals surface area contributed by atoms with E-state index in [1.54, 1.807) is 31.7 Å². The van der Waals surface area contributed by atoms with E-state index < -0.39 is 32.0 Å². The molecule has 248 valence electrons. The number of allylic oxidation sites excluding steroid dienone is 1. The van der Waals surface area contributed by atoms with Crippen LogP contribution in [0.2, 0.25) is 18.1 Å². The Morgan fingerprint density at radius 3 is 1.91 bits per heavy atom. The molecule has 0 radical (unpaired) electrons. The van der Waals surface area contributed by atoms with Crippen LogP contribution in [0.25, 0.3) is 0 Å². The van der Waals surface area contributed by atoms with E-state index in [0.717, 1.165) is 11.1 Å². The van der Waals surface area contributed by atoms with Gasteiger partial charge in [-0.15, -0.1) is 0 Å². The van der Waals surface area contributed by atoms with Crippen LogP contribution in [0.3, 0.4) is 0 Å². The maximum absolute atomic E-state index is 14.2. The van der Waals surface area contributed by atoms with Gasteiger partial charge in [-0.1, -0.05) is 87.5 Å². The molecule has 1 aliphatic rings. The fourth-order valence-corrected chi connectivity index (χ4v) is 6.55. The van der Waals surface area contributed by atoms with Gasteiger partial charge in [0.05, 0.1) is 12.2 Å². The van der Waals surface area contributed by atoms with Crippen LogP contribution in [0, 0.1) is 23.2 Å². The number of nitriles is 1. The molecule has 0 bridgehead atoms.